The van der Waals surface area contributed by atoms with E-state index < -0.39 is 0 Å². The van der Waals surface area contributed by atoms with Crippen LogP contribution in [0.3, 0.4) is 0 Å². The van der Waals surface area contributed by atoms with Crippen molar-refractivity contribution >= 4 is 21.8 Å². The van der Waals surface area contributed by atoms with E-state index in [9.17, 15) is 4.39 Å². The number of ether oxygens (including phenoxy) is 1. The van der Waals surface area contributed by atoms with Crippen LogP contribution in [0.2, 0.25) is 0 Å². The number of nitrogens with one attached hydrogen (secondary N) is 2. The van der Waals surface area contributed by atoms with Crippen LogP contribution in [0.4, 0.5) is 4.39 Å². The van der Waals surface area contributed by atoms with Gasteiger partial charge in [0.05, 0.1) is 23.1 Å². The third-order valence-corrected chi connectivity index (χ3v) is 6.95. The molecule has 8 nitrogen and oxygen atoms in total. The maximum absolute atomic E-state index is 14.6. The van der Waals surface area contributed by atoms with Crippen LogP contribution in [-0.2, 0) is 6.54 Å². The molecule has 0 aliphatic heterocycles. The van der Waals surface area contributed by atoms with Gasteiger partial charge in [0.25, 0.3) is 0 Å². The Kier molecular flexibility index (Phi) is 7.21. The van der Waals surface area contributed by atoms with Crippen molar-refractivity contribution in [3.05, 3.63) is 84.6 Å². The van der Waals surface area contributed by atoms with E-state index in [0.717, 1.165) is 74.2 Å². The lowest BCUT2D eigenvalue weighted by atomic mass is 10.0. The molecule has 0 saturated carbocycles. The van der Waals surface area contributed by atoms with Crippen molar-refractivity contribution in [2.75, 3.05) is 41.3 Å². The van der Waals surface area contributed by atoms with Gasteiger partial charge in [-0.25, -0.2) is 4.39 Å². The van der Waals surface area contributed by atoms with E-state index in [1.54, 1.807) is 12.3 Å². The highest BCUT2D eigenvalue weighted by Crippen LogP contribution is 2.36. The Morgan fingerprint density at radius 2 is 1.73 bits per heavy atom. The minimum atomic E-state index is -0.336. The fraction of sp³-hybridized carbons (Fsp3) is 0.219. The first-order valence-corrected chi connectivity index (χ1v) is 13.5. The number of rotatable bonds is 9. The van der Waals surface area contributed by atoms with Crippen molar-refractivity contribution in [3.63, 3.8) is 0 Å². The molecule has 0 aliphatic carbocycles. The summed E-state index contributed by atoms with van der Waals surface area (Å²) in [5.74, 6) is 0.176. The molecule has 4 aromatic heterocycles. The number of H-pyrrole nitrogens is 2. The quantitative estimate of drug-likeness (QED) is 0.231. The molecule has 0 radical (unpaired) electrons. The van der Waals surface area contributed by atoms with Crippen molar-refractivity contribution in [2.24, 2.45) is 0 Å². The minimum Gasteiger partial charge on any atom is -0.492 e. The highest BCUT2D eigenvalue weighted by molar-refractivity contribution is 6.01. The average molecular weight is 550 g/mol. The van der Waals surface area contributed by atoms with Crippen LogP contribution in [0.1, 0.15) is 5.56 Å². The second kappa shape index (κ2) is 11.1. The lowest BCUT2D eigenvalue weighted by Gasteiger charge is -2.12. The van der Waals surface area contributed by atoms with Gasteiger partial charge in [0.1, 0.15) is 23.9 Å². The topological polar surface area (TPSA) is 86.0 Å². The Morgan fingerprint density at radius 3 is 2.56 bits per heavy atom. The van der Waals surface area contributed by atoms with E-state index in [0.29, 0.717) is 12.4 Å². The standard InChI is InChI=1S/C32H32FN7O/c1-39(2)8-9-41-24-12-21(11-23(33)13-24)25-6-5-7-28-26(25)14-30(36-28)32-27-15-29(35-18-31(27)37-38-32)22-10-20(16-34-17-22)19-40(3)4/h5-7,10-18,36H,8-9,19H2,1-4H3,(H,37,38). The zero-order valence-electron chi connectivity index (χ0n) is 23.6. The van der Waals surface area contributed by atoms with Crippen LogP contribution in [0.25, 0.3) is 55.6 Å². The molecular formula is C32H32FN7O. The zero-order valence-corrected chi connectivity index (χ0v) is 23.6. The highest BCUT2D eigenvalue weighted by Gasteiger charge is 2.16. The highest BCUT2D eigenvalue weighted by atomic mass is 19.1. The number of nitrogens with zero attached hydrogens (tertiary/aromatic N) is 5. The van der Waals surface area contributed by atoms with Gasteiger partial charge in [-0.1, -0.05) is 12.1 Å². The van der Waals surface area contributed by atoms with Gasteiger partial charge in [0.15, 0.2) is 0 Å². The normalized spacial score (nSPS) is 11.8. The number of fused-ring (bicyclic) bond motifs is 2. The van der Waals surface area contributed by atoms with E-state index in [1.807, 2.05) is 75.8 Å². The monoisotopic (exact) mass is 549 g/mol. The maximum atomic E-state index is 14.6. The molecule has 0 fully saturated rings. The smallest absolute Gasteiger partial charge is 0.127 e. The van der Waals surface area contributed by atoms with Gasteiger partial charge in [0.2, 0.25) is 0 Å². The van der Waals surface area contributed by atoms with Crippen molar-refractivity contribution < 1.29 is 9.13 Å². The molecule has 0 amide bonds. The van der Waals surface area contributed by atoms with Gasteiger partial charge >= 0.3 is 0 Å². The summed E-state index contributed by atoms with van der Waals surface area (Å²) in [6, 6.07) is 17.1. The summed E-state index contributed by atoms with van der Waals surface area (Å²) in [6.45, 7) is 2.02. The Morgan fingerprint density at radius 1 is 0.854 bits per heavy atom. The number of benzene rings is 2. The number of halogens is 1. The molecule has 0 bridgehead atoms. The molecule has 0 atom stereocenters. The van der Waals surface area contributed by atoms with Gasteiger partial charge in [0, 0.05) is 53.4 Å². The number of aromatic nitrogens is 5. The Balaban J connectivity index is 1.37. The van der Waals surface area contributed by atoms with E-state index in [4.69, 9.17) is 4.74 Å². The number of pyridine rings is 2. The van der Waals surface area contributed by atoms with Crippen LogP contribution in [0.5, 0.6) is 5.75 Å². The van der Waals surface area contributed by atoms with Crippen LogP contribution >= 0.6 is 0 Å². The summed E-state index contributed by atoms with van der Waals surface area (Å²) in [5, 5.41) is 9.66. The first-order valence-electron chi connectivity index (χ1n) is 13.5. The van der Waals surface area contributed by atoms with E-state index in [1.165, 1.54) is 6.07 Å². The SMILES string of the molecule is CN(C)CCOc1cc(F)cc(-c2cccc3[nH]c(-c4n[nH]c5cnc(-c6cncc(CN(C)C)c6)cc45)cc23)c1. The maximum Gasteiger partial charge on any atom is 0.127 e. The molecule has 6 aromatic rings. The Hall–Kier alpha value is -4.60. The molecular weight excluding hydrogens is 517 g/mol. The molecule has 208 valence electrons. The predicted molar refractivity (Wildman–Crippen MR) is 161 cm³/mol. The molecule has 0 spiro atoms. The van der Waals surface area contributed by atoms with Gasteiger partial charge < -0.3 is 19.5 Å². The second-order valence-electron chi connectivity index (χ2n) is 10.8. The summed E-state index contributed by atoms with van der Waals surface area (Å²) in [6.07, 6.45) is 5.52. The summed E-state index contributed by atoms with van der Waals surface area (Å²) < 4.78 is 20.5. The third kappa shape index (κ3) is 5.68. The summed E-state index contributed by atoms with van der Waals surface area (Å²) in [5.41, 5.74) is 7.97. The fourth-order valence-electron chi connectivity index (χ4n) is 5.04. The molecule has 6 rings (SSSR count). The molecule has 2 N–H and O–H groups in total. The Labute approximate surface area is 237 Å². The van der Waals surface area contributed by atoms with E-state index in [-0.39, 0.29) is 5.82 Å². The van der Waals surface area contributed by atoms with Crippen molar-refractivity contribution in [1.29, 1.82) is 0 Å². The molecule has 0 aliphatic rings. The van der Waals surface area contributed by atoms with Gasteiger partial charge in [-0.15, -0.1) is 0 Å². The van der Waals surface area contributed by atoms with Crippen LogP contribution in [-0.4, -0.2) is 76.3 Å². The average Bonchev–Trinajstić information content (AvgIpc) is 3.56. The van der Waals surface area contributed by atoms with Crippen LogP contribution in [0, 0.1) is 5.82 Å². The van der Waals surface area contributed by atoms with Gasteiger partial charge in [-0.05, 0) is 81.3 Å². The van der Waals surface area contributed by atoms with Crippen molar-refractivity contribution in [3.8, 4) is 39.5 Å². The molecule has 4 heterocycles. The minimum absolute atomic E-state index is 0.336. The van der Waals surface area contributed by atoms with E-state index >= 15 is 0 Å². The van der Waals surface area contributed by atoms with Gasteiger partial charge in [-0.3, -0.25) is 15.1 Å². The molecule has 9 heteroatoms. The van der Waals surface area contributed by atoms with Crippen molar-refractivity contribution in [1.82, 2.24) is 34.9 Å². The number of aromatic amines is 2. The first kappa shape index (κ1) is 26.6. The summed E-state index contributed by atoms with van der Waals surface area (Å²) in [7, 11) is 8.03. The molecule has 41 heavy (non-hydrogen) atoms. The third-order valence-electron chi connectivity index (χ3n) is 6.95. The van der Waals surface area contributed by atoms with Crippen molar-refractivity contribution in [2.45, 2.75) is 6.54 Å². The fourth-order valence-corrected chi connectivity index (χ4v) is 5.04. The van der Waals surface area contributed by atoms with Gasteiger partial charge in [-0.2, -0.15) is 5.10 Å². The van der Waals surface area contributed by atoms with Crippen LogP contribution < -0.4 is 4.74 Å². The lowest BCUT2D eigenvalue weighted by Crippen LogP contribution is -2.19. The number of hydrogen-bond donors (Lipinski definition) is 2. The summed E-state index contributed by atoms with van der Waals surface area (Å²) >= 11 is 0. The second-order valence-corrected chi connectivity index (χ2v) is 10.8. The first-order chi connectivity index (χ1) is 19.8. The predicted octanol–water partition coefficient (Wildman–Crippen LogP) is 5.98. The molecule has 0 unspecified atom stereocenters. The number of hydrogen-bond acceptors (Lipinski definition) is 6. The van der Waals surface area contributed by atoms with Crippen LogP contribution in [0.15, 0.2) is 73.2 Å². The molecule has 0 saturated heterocycles. The van der Waals surface area contributed by atoms with E-state index in [2.05, 4.69) is 42.2 Å². The molecule has 2 aromatic carbocycles. The Bertz CT molecular complexity index is 1840. The zero-order chi connectivity index (χ0) is 28.5. The lowest BCUT2D eigenvalue weighted by molar-refractivity contribution is 0.260. The summed E-state index contributed by atoms with van der Waals surface area (Å²) in [4.78, 5) is 16.7. The number of likely N-dealkylation sites (N-methyl/N-ethyl adjacent to an activating group) is 1. The largest absolute Gasteiger partial charge is 0.492 e.